The average molecular weight is 394 g/mol. The Morgan fingerprint density at radius 2 is 1.86 bits per heavy atom. The van der Waals surface area contributed by atoms with Crippen molar-refractivity contribution in [2.45, 2.75) is 6.42 Å². The number of nitrogens with one attached hydrogen (secondary N) is 1. The summed E-state index contributed by atoms with van der Waals surface area (Å²) in [6.45, 7) is 0. The molecule has 2 heterocycles. The second-order valence-electron chi connectivity index (χ2n) is 6.12. The Hall–Kier alpha value is -3.72. The highest BCUT2D eigenvalue weighted by Gasteiger charge is 2.12. The van der Waals surface area contributed by atoms with E-state index in [0.29, 0.717) is 22.9 Å². The number of hydrogen-bond acceptors (Lipinski definition) is 6. The lowest BCUT2D eigenvalue weighted by atomic mass is 10.1. The standard InChI is InChI=1S/C19H14N4O4S/c24-16-7-3-13(4-8-16)17-11-28-19(20-17)22-18(25)10-14(21-22)9-12-1-5-15(6-2-12)23(26)27/h1-8,10-11,21,24H,9H2. The summed E-state index contributed by atoms with van der Waals surface area (Å²) in [5, 5.41) is 25.5. The summed E-state index contributed by atoms with van der Waals surface area (Å²) in [5.41, 5.74) is 2.87. The van der Waals surface area contributed by atoms with Crippen LogP contribution in [0.25, 0.3) is 16.4 Å². The van der Waals surface area contributed by atoms with Crippen molar-refractivity contribution >= 4 is 17.0 Å². The van der Waals surface area contributed by atoms with Gasteiger partial charge in [0.1, 0.15) is 5.75 Å². The van der Waals surface area contributed by atoms with Crippen LogP contribution >= 0.6 is 11.3 Å². The van der Waals surface area contributed by atoms with Gasteiger partial charge < -0.3 is 5.11 Å². The van der Waals surface area contributed by atoms with Crippen LogP contribution in [-0.4, -0.2) is 24.8 Å². The molecular weight excluding hydrogens is 380 g/mol. The first-order valence-electron chi connectivity index (χ1n) is 8.29. The zero-order valence-corrected chi connectivity index (χ0v) is 15.2. The number of phenols is 1. The molecule has 0 aliphatic heterocycles. The number of rotatable bonds is 5. The summed E-state index contributed by atoms with van der Waals surface area (Å²) in [4.78, 5) is 27.1. The molecule has 0 saturated carbocycles. The summed E-state index contributed by atoms with van der Waals surface area (Å²) in [6, 6.07) is 14.4. The minimum atomic E-state index is -0.448. The number of benzene rings is 2. The fraction of sp³-hybridized carbons (Fsp3) is 0.0526. The number of nitrogens with zero attached hydrogens (tertiary/aromatic N) is 3. The van der Waals surface area contributed by atoms with Crippen molar-refractivity contribution in [1.82, 2.24) is 14.8 Å². The van der Waals surface area contributed by atoms with Gasteiger partial charge >= 0.3 is 0 Å². The minimum Gasteiger partial charge on any atom is -0.508 e. The topological polar surface area (TPSA) is 114 Å². The van der Waals surface area contributed by atoms with Crippen LogP contribution in [0.1, 0.15) is 11.3 Å². The summed E-state index contributed by atoms with van der Waals surface area (Å²) in [7, 11) is 0. The Morgan fingerprint density at radius 3 is 2.54 bits per heavy atom. The van der Waals surface area contributed by atoms with Gasteiger partial charge in [0.15, 0.2) is 0 Å². The molecule has 2 N–H and O–H groups in total. The fourth-order valence-corrected chi connectivity index (χ4v) is 3.56. The maximum atomic E-state index is 12.3. The Bertz CT molecular complexity index is 1190. The average Bonchev–Trinajstić information content (AvgIpc) is 3.29. The summed E-state index contributed by atoms with van der Waals surface area (Å²) >= 11 is 1.32. The zero-order valence-electron chi connectivity index (χ0n) is 14.4. The van der Waals surface area contributed by atoms with Crippen molar-refractivity contribution in [3.63, 3.8) is 0 Å². The van der Waals surface area contributed by atoms with Gasteiger partial charge in [-0.05, 0) is 29.8 Å². The summed E-state index contributed by atoms with van der Waals surface area (Å²) in [6.07, 6.45) is 0.441. The van der Waals surface area contributed by atoms with Crippen LogP contribution in [0.4, 0.5) is 5.69 Å². The lowest BCUT2D eigenvalue weighted by Crippen LogP contribution is -2.13. The largest absolute Gasteiger partial charge is 0.508 e. The van der Waals surface area contributed by atoms with Crippen LogP contribution in [0, 0.1) is 10.1 Å². The predicted molar refractivity (Wildman–Crippen MR) is 105 cm³/mol. The van der Waals surface area contributed by atoms with E-state index in [9.17, 15) is 20.0 Å². The molecule has 0 fully saturated rings. The molecule has 0 aliphatic rings. The number of non-ortho nitro benzene ring substituents is 1. The highest BCUT2D eigenvalue weighted by atomic mass is 32.1. The third-order valence-electron chi connectivity index (χ3n) is 4.16. The number of nitro benzene ring substituents is 1. The summed E-state index contributed by atoms with van der Waals surface area (Å²) in [5.74, 6) is 0.177. The van der Waals surface area contributed by atoms with Crippen LogP contribution in [0.3, 0.4) is 0 Å². The SMILES string of the molecule is O=c1cc(Cc2ccc([N+](=O)[O-])cc2)[nH]n1-c1nc(-c2ccc(O)cc2)cs1. The Kier molecular flexibility index (Phi) is 4.50. The van der Waals surface area contributed by atoms with Gasteiger partial charge in [0, 0.05) is 41.3 Å². The highest BCUT2D eigenvalue weighted by Crippen LogP contribution is 2.25. The fourth-order valence-electron chi connectivity index (χ4n) is 2.76. The van der Waals surface area contributed by atoms with E-state index in [4.69, 9.17) is 0 Å². The smallest absolute Gasteiger partial charge is 0.273 e. The Balaban J connectivity index is 1.57. The van der Waals surface area contributed by atoms with Gasteiger partial charge in [-0.2, -0.15) is 4.68 Å². The predicted octanol–water partition coefficient (Wildman–Crippen LogP) is 3.49. The quantitative estimate of drug-likeness (QED) is 0.397. The van der Waals surface area contributed by atoms with Gasteiger partial charge in [0.05, 0.1) is 10.6 Å². The van der Waals surface area contributed by atoms with Crippen LogP contribution < -0.4 is 5.56 Å². The molecule has 0 radical (unpaired) electrons. The Morgan fingerprint density at radius 1 is 1.14 bits per heavy atom. The molecule has 9 heteroatoms. The molecule has 4 rings (SSSR count). The Labute approximate surface area is 162 Å². The van der Waals surface area contributed by atoms with Crippen molar-refractivity contribution < 1.29 is 10.0 Å². The maximum absolute atomic E-state index is 12.3. The monoisotopic (exact) mass is 394 g/mol. The first-order valence-corrected chi connectivity index (χ1v) is 9.17. The summed E-state index contributed by atoms with van der Waals surface area (Å²) < 4.78 is 1.37. The number of phenolic OH excluding ortho intramolecular Hbond substituents is 1. The van der Waals surface area contributed by atoms with Crippen LogP contribution in [0.5, 0.6) is 5.75 Å². The molecule has 140 valence electrons. The van der Waals surface area contributed by atoms with Crippen molar-refractivity contribution in [2.24, 2.45) is 0 Å². The minimum absolute atomic E-state index is 0.0272. The van der Waals surface area contributed by atoms with Gasteiger partial charge in [-0.25, -0.2) is 4.98 Å². The molecule has 0 spiro atoms. The molecule has 0 bridgehead atoms. The van der Waals surface area contributed by atoms with E-state index in [1.807, 2.05) is 5.38 Å². The number of thiazole rings is 1. The van der Waals surface area contributed by atoms with E-state index >= 15 is 0 Å². The number of H-pyrrole nitrogens is 1. The maximum Gasteiger partial charge on any atom is 0.273 e. The molecule has 0 aliphatic carbocycles. The molecule has 0 saturated heterocycles. The van der Waals surface area contributed by atoms with E-state index < -0.39 is 4.92 Å². The van der Waals surface area contributed by atoms with Crippen LogP contribution in [-0.2, 0) is 6.42 Å². The first-order chi connectivity index (χ1) is 13.5. The van der Waals surface area contributed by atoms with E-state index in [2.05, 4.69) is 10.1 Å². The van der Waals surface area contributed by atoms with E-state index in [1.54, 1.807) is 36.4 Å². The molecular formula is C19H14N4O4S. The molecule has 0 unspecified atom stereocenters. The zero-order chi connectivity index (χ0) is 19.7. The van der Waals surface area contributed by atoms with E-state index in [-0.39, 0.29) is 17.0 Å². The van der Waals surface area contributed by atoms with Gasteiger partial charge in [-0.3, -0.25) is 20.0 Å². The van der Waals surface area contributed by atoms with E-state index in [0.717, 1.165) is 11.1 Å². The van der Waals surface area contributed by atoms with Crippen molar-refractivity contribution in [3.8, 4) is 22.1 Å². The highest BCUT2D eigenvalue weighted by molar-refractivity contribution is 7.12. The third kappa shape index (κ3) is 3.55. The van der Waals surface area contributed by atoms with Gasteiger partial charge in [-0.1, -0.05) is 12.1 Å². The number of hydrogen-bond donors (Lipinski definition) is 2. The van der Waals surface area contributed by atoms with Crippen molar-refractivity contribution in [1.29, 1.82) is 0 Å². The second kappa shape index (κ2) is 7.12. The number of aromatic nitrogens is 3. The molecule has 8 nitrogen and oxygen atoms in total. The lowest BCUT2D eigenvalue weighted by molar-refractivity contribution is -0.384. The van der Waals surface area contributed by atoms with Gasteiger partial charge in [0.25, 0.3) is 11.2 Å². The lowest BCUT2D eigenvalue weighted by Gasteiger charge is -2.00. The molecule has 2 aromatic carbocycles. The third-order valence-corrected chi connectivity index (χ3v) is 4.99. The van der Waals surface area contributed by atoms with Crippen LogP contribution in [0.2, 0.25) is 0 Å². The van der Waals surface area contributed by atoms with Crippen molar-refractivity contribution in [3.05, 3.63) is 91.7 Å². The van der Waals surface area contributed by atoms with Crippen LogP contribution in [0.15, 0.2) is 64.8 Å². The molecule has 28 heavy (non-hydrogen) atoms. The first kappa shape index (κ1) is 17.7. The van der Waals surface area contributed by atoms with Crippen molar-refractivity contribution in [2.75, 3.05) is 0 Å². The molecule has 4 aromatic rings. The molecule has 0 amide bonds. The van der Waals surface area contributed by atoms with Gasteiger partial charge in [-0.15, -0.1) is 11.3 Å². The van der Waals surface area contributed by atoms with E-state index in [1.165, 1.54) is 34.2 Å². The second-order valence-corrected chi connectivity index (χ2v) is 6.95. The number of aromatic hydroxyl groups is 1. The number of nitro groups is 1. The molecule has 2 aromatic heterocycles. The normalized spacial score (nSPS) is 10.9. The molecule has 0 atom stereocenters. The number of aromatic amines is 1. The van der Waals surface area contributed by atoms with Gasteiger partial charge in [0.2, 0.25) is 5.13 Å².